The van der Waals surface area contributed by atoms with E-state index in [1.54, 1.807) is 0 Å². The molecule has 0 aliphatic carbocycles. The fourth-order valence-corrected chi connectivity index (χ4v) is 0.468. The zero-order valence-electron chi connectivity index (χ0n) is 1.93. The molecular formula is Gd2O3. The third-order valence-electron chi connectivity index (χ3n) is 0.0417. The summed E-state index contributed by atoms with van der Waals surface area (Å²) in [7, 11) is 0. The Morgan fingerprint density at radius 3 is 1.60 bits per heavy atom. The molecule has 0 aliphatic rings. The molecule has 0 N–H and O–H groups in total. The van der Waals surface area contributed by atoms with Crippen LogP contribution in [0.25, 0.3) is 0 Å². The number of rotatable bonds is 2. The van der Waals surface area contributed by atoms with Gasteiger partial charge in [-0.2, -0.15) is 0 Å². The Morgan fingerprint density at radius 1 is 1.20 bits per heavy atom. The Balaban J connectivity index is 2.65. The van der Waals surface area contributed by atoms with Gasteiger partial charge < -0.3 is 0 Å². The molecule has 0 rings (SSSR count). The van der Waals surface area contributed by atoms with Crippen LogP contribution in [0.15, 0.2) is 0 Å². The summed E-state index contributed by atoms with van der Waals surface area (Å²) in [5.74, 6) is 0. The Labute approximate surface area is 70.9 Å². The molecule has 0 fully saturated rings. The SMILES string of the molecule is [O]=[Gd][O][Gd]=[O]. The average molecular weight is 362 g/mol. The van der Waals surface area contributed by atoms with Crippen LogP contribution < -0.4 is 0 Å². The molecule has 0 spiro atoms. The predicted molar refractivity (Wildman–Crippen MR) is 2.46 cm³/mol. The van der Waals surface area contributed by atoms with E-state index < -0.39 is 73.1 Å². The quantitative estimate of drug-likeness (QED) is 0.677. The normalized spacial score (nSPS) is 8.00. The van der Waals surface area contributed by atoms with Gasteiger partial charge in [0.1, 0.15) is 0 Å². The van der Waals surface area contributed by atoms with Gasteiger partial charge >= 0.3 is 73.1 Å². The molecule has 0 radical (unpaired) electrons. The Kier molecular flexibility index (Phi) is 8.95. The fraction of sp³-hybridized carbons (Fsp3) is 0. The molecule has 0 unspecified atom stereocenters. The van der Waals surface area contributed by atoms with Crippen molar-refractivity contribution in [2.45, 2.75) is 0 Å². The van der Waals surface area contributed by atoms with Crippen LogP contribution in [0.4, 0.5) is 0 Å². The van der Waals surface area contributed by atoms with Gasteiger partial charge in [-0.3, -0.25) is 0 Å². The molecule has 34 valence electrons. The monoisotopic (exact) mass is 364 g/mol. The van der Waals surface area contributed by atoms with Gasteiger partial charge in [0.25, 0.3) is 0 Å². The minimum atomic E-state index is -1.59. The van der Waals surface area contributed by atoms with Crippen molar-refractivity contribution in [3.05, 3.63) is 0 Å². The summed E-state index contributed by atoms with van der Waals surface area (Å²) < 4.78 is 22.6. The molecule has 0 aromatic heterocycles. The molecule has 0 atom stereocenters. The Bertz CT molecular complexity index is 34.2. The van der Waals surface area contributed by atoms with Crippen LogP contribution in [-0.2, 0) is -0.0628 Å². The van der Waals surface area contributed by atoms with Gasteiger partial charge in [0.2, 0.25) is 0 Å². The molecule has 0 aliphatic heterocycles. The fourth-order valence-electron chi connectivity index (χ4n) is 0.00851. The third kappa shape index (κ3) is 6.21. The van der Waals surface area contributed by atoms with Crippen molar-refractivity contribution in [2.75, 3.05) is 0 Å². The summed E-state index contributed by atoms with van der Waals surface area (Å²) in [5.41, 5.74) is 0. The molecule has 5 heteroatoms. The van der Waals surface area contributed by atoms with Gasteiger partial charge in [0.15, 0.2) is 0 Å². The van der Waals surface area contributed by atoms with Crippen LogP contribution >= 0.6 is 0 Å². The van der Waals surface area contributed by atoms with E-state index in [0.717, 1.165) is 0 Å². The standard InChI is InChI=1S/2Gd.3O. The van der Waals surface area contributed by atoms with Gasteiger partial charge in [-0.1, -0.05) is 0 Å². The van der Waals surface area contributed by atoms with Crippen molar-refractivity contribution in [3.63, 3.8) is 0 Å². The van der Waals surface area contributed by atoms with Gasteiger partial charge in [0.05, 0.1) is 0 Å². The maximum atomic E-state index is 9.28. The first-order chi connectivity index (χ1) is 2.41. The van der Waals surface area contributed by atoms with Gasteiger partial charge in [-0.25, -0.2) is 0 Å². The first-order valence-corrected chi connectivity index (χ1v) is 4.28. The van der Waals surface area contributed by atoms with Crippen LogP contribution in [-0.4, -0.2) is 0 Å². The second-order valence-corrected chi connectivity index (χ2v) is 3.68. The van der Waals surface area contributed by atoms with E-state index in [0.29, 0.717) is 0 Å². The van der Waals surface area contributed by atoms with E-state index in [1.165, 1.54) is 0 Å². The minimum absolute atomic E-state index is 1.59. The maximum absolute atomic E-state index is 9.28. The van der Waals surface area contributed by atoms with E-state index in [2.05, 4.69) is -2.39 Å². The second kappa shape index (κ2) is 6.21. The molecule has 0 heterocycles. The topological polar surface area (TPSA) is 43.4 Å². The predicted octanol–water partition coefficient (Wildman–Crippen LogP) is -0.306. The summed E-state index contributed by atoms with van der Waals surface area (Å²) in [4.78, 5) is 0. The van der Waals surface area contributed by atoms with Crippen LogP contribution in [0.2, 0.25) is 0 Å². The molecular weight excluding hydrogens is 362 g/mol. The van der Waals surface area contributed by atoms with Crippen molar-refractivity contribution in [1.29, 1.82) is 0 Å². The van der Waals surface area contributed by atoms with Crippen molar-refractivity contribution in [3.8, 4) is 0 Å². The average Bonchev–Trinajstić information content (AvgIpc) is 1.41. The van der Waals surface area contributed by atoms with Crippen molar-refractivity contribution in [2.24, 2.45) is 0 Å². The molecule has 5 heavy (non-hydrogen) atoms. The summed E-state index contributed by atoms with van der Waals surface area (Å²) >= 11 is -3.17. The van der Waals surface area contributed by atoms with E-state index in [9.17, 15) is 2.32 Å². The van der Waals surface area contributed by atoms with Crippen molar-refractivity contribution >= 4 is 0 Å². The van der Waals surface area contributed by atoms with Crippen molar-refractivity contribution in [1.82, 2.24) is 0 Å². The third-order valence-corrected chi connectivity index (χ3v) is 2.29. The van der Waals surface area contributed by atoms with Crippen LogP contribution in [0.5, 0.6) is 0 Å². The number of hydrogen-bond donors (Lipinski definition) is 0. The zero-order valence-corrected chi connectivity index (χ0v) is 6.47. The molecule has 0 saturated heterocycles. The first-order valence-electron chi connectivity index (χ1n) is 0.577. The zero-order chi connectivity index (χ0) is 4.12. The van der Waals surface area contributed by atoms with Crippen LogP contribution in [0.1, 0.15) is 0 Å². The summed E-state index contributed by atoms with van der Waals surface area (Å²) in [6, 6.07) is 0. The number of hydrogen-bond acceptors (Lipinski definition) is 3. The van der Waals surface area contributed by atoms with E-state index in [4.69, 9.17) is 0 Å². The Hall–Kier alpha value is 2.21. The molecule has 0 aromatic rings. The van der Waals surface area contributed by atoms with Gasteiger partial charge in [-0.05, 0) is 0 Å². The summed E-state index contributed by atoms with van der Waals surface area (Å²) in [6.07, 6.45) is 0. The molecule has 0 aromatic carbocycles. The molecule has 0 amide bonds. The molecule has 3 nitrogen and oxygen atoms in total. The van der Waals surface area contributed by atoms with Gasteiger partial charge in [-0.15, -0.1) is 0 Å². The molecule has 0 saturated carbocycles. The van der Waals surface area contributed by atoms with Gasteiger partial charge in [0, 0.05) is 0 Å². The van der Waals surface area contributed by atoms with Crippen molar-refractivity contribution < 1.29 is 73.1 Å². The van der Waals surface area contributed by atoms with E-state index in [1.807, 2.05) is 0 Å². The first kappa shape index (κ1) is 7.21. The Morgan fingerprint density at radius 2 is 1.60 bits per heavy atom. The van der Waals surface area contributed by atoms with E-state index >= 15 is 0 Å². The second-order valence-electron chi connectivity index (χ2n) is 0.169. The summed E-state index contributed by atoms with van der Waals surface area (Å²) in [6.45, 7) is 0. The van der Waals surface area contributed by atoms with Crippen LogP contribution in [0.3, 0.4) is 0 Å². The molecule has 0 bridgehead atoms. The summed E-state index contributed by atoms with van der Waals surface area (Å²) in [5, 5.41) is 0. The van der Waals surface area contributed by atoms with E-state index in [-0.39, 0.29) is 0 Å². The van der Waals surface area contributed by atoms with Crippen LogP contribution in [0, 0.1) is 73.1 Å².